The molecule has 0 aliphatic heterocycles. The lowest BCUT2D eigenvalue weighted by atomic mass is 10.1. The van der Waals surface area contributed by atoms with Gasteiger partial charge in [-0.15, -0.1) is 6.58 Å². The largest absolute Gasteiger partial charge is 0.446 e. The Morgan fingerprint density at radius 2 is 2.25 bits per heavy atom. The van der Waals surface area contributed by atoms with Crippen molar-refractivity contribution in [3.05, 3.63) is 12.2 Å². The highest BCUT2D eigenvalue weighted by Crippen LogP contribution is 2.11. The average Bonchev–Trinajstić information content (AvgIpc) is 1.84. The number of amides is 1. The molecule has 0 radical (unpaired) electrons. The van der Waals surface area contributed by atoms with Crippen LogP contribution in [0.25, 0.3) is 0 Å². The zero-order valence-electron chi connectivity index (χ0n) is 7.80. The molecule has 2 N–H and O–H groups in total. The molecule has 0 fully saturated rings. The number of nitrogens with two attached hydrogens (primary N) is 1. The number of carbonyl (C=O) groups is 1. The minimum Gasteiger partial charge on any atom is -0.446 e. The summed E-state index contributed by atoms with van der Waals surface area (Å²) >= 11 is 0. The van der Waals surface area contributed by atoms with Gasteiger partial charge in [-0.3, -0.25) is 0 Å². The topological polar surface area (TPSA) is 52.3 Å². The van der Waals surface area contributed by atoms with Crippen molar-refractivity contribution in [3.8, 4) is 0 Å². The maximum Gasteiger partial charge on any atom is 0.404 e. The first-order valence-corrected chi connectivity index (χ1v) is 4.16. The predicted molar refractivity (Wildman–Crippen MR) is 48.8 cm³/mol. The van der Waals surface area contributed by atoms with Crippen LogP contribution in [0.1, 0.15) is 33.1 Å². The van der Waals surface area contributed by atoms with Crippen LogP contribution in [0, 0.1) is 0 Å². The van der Waals surface area contributed by atoms with Crippen LogP contribution in [-0.2, 0) is 4.74 Å². The third kappa shape index (κ3) is 5.77. The fraction of sp³-hybridized carbons (Fsp3) is 0.667. The van der Waals surface area contributed by atoms with E-state index in [2.05, 4.69) is 6.58 Å². The fourth-order valence-electron chi connectivity index (χ4n) is 1.08. The highest BCUT2D eigenvalue weighted by atomic mass is 16.6. The Labute approximate surface area is 73.6 Å². The lowest BCUT2D eigenvalue weighted by molar-refractivity contribution is 0.101. The summed E-state index contributed by atoms with van der Waals surface area (Å²) in [5, 5.41) is 0. The molecule has 0 saturated heterocycles. The van der Waals surface area contributed by atoms with Crippen molar-refractivity contribution in [2.24, 2.45) is 5.73 Å². The normalized spacial score (nSPS) is 12.2. The molecule has 0 aromatic rings. The standard InChI is InChI=1S/C9H17NO2/c1-4-5-8(6-7(2)3)12-9(10)11/h8H,2,4-6H2,1,3H3,(H2,10,11). The molecule has 1 unspecified atom stereocenters. The molecule has 3 heteroatoms. The summed E-state index contributed by atoms with van der Waals surface area (Å²) in [5.74, 6) is 0. The minimum absolute atomic E-state index is 0.0926. The van der Waals surface area contributed by atoms with Crippen molar-refractivity contribution in [2.45, 2.75) is 39.2 Å². The minimum atomic E-state index is -0.699. The van der Waals surface area contributed by atoms with E-state index in [0.29, 0.717) is 6.42 Å². The number of primary amides is 1. The SMILES string of the molecule is C=C(C)CC(CCC)OC(N)=O. The number of carbonyl (C=O) groups excluding carboxylic acids is 1. The second-order valence-electron chi connectivity index (χ2n) is 3.01. The van der Waals surface area contributed by atoms with Crippen LogP contribution in [0.3, 0.4) is 0 Å². The summed E-state index contributed by atoms with van der Waals surface area (Å²) in [7, 11) is 0. The Bertz CT molecular complexity index is 150. The van der Waals surface area contributed by atoms with E-state index >= 15 is 0 Å². The Morgan fingerprint density at radius 3 is 2.58 bits per heavy atom. The van der Waals surface area contributed by atoms with Gasteiger partial charge >= 0.3 is 6.09 Å². The molecule has 70 valence electrons. The fourth-order valence-corrected chi connectivity index (χ4v) is 1.08. The first kappa shape index (κ1) is 11.0. The van der Waals surface area contributed by atoms with Crippen LogP contribution in [0.4, 0.5) is 4.79 Å². The van der Waals surface area contributed by atoms with E-state index < -0.39 is 6.09 Å². The van der Waals surface area contributed by atoms with Gasteiger partial charge in [0.2, 0.25) is 0 Å². The van der Waals surface area contributed by atoms with E-state index in [0.717, 1.165) is 18.4 Å². The first-order chi connectivity index (χ1) is 5.56. The van der Waals surface area contributed by atoms with E-state index in [1.807, 2.05) is 13.8 Å². The second-order valence-corrected chi connectivity index (χ2v) is 3.01. The van der Waals surface area contributed by atoms with E-state index in [-0.39, 0.29) is 6.10 Å². The molecule has 0 aliphatic rings. The van der Waals surface area contributed by atoms with Gasteiger partial charge in [-0.25, -0.2) is 4.79 Å². The molecule has 0 saturated carbocycles. The Morgan fingerprint density at radius 1 is 1.67 bits per heavy atom. The molecule has 0 bridgehead atoms. The molecule has 12 heavy (non-hydrogen) atoms. The molecular formula is C9H17NO2. The van der Waals surface area contributed by atoms with Crippen LogP contribution in [0.2, 0.25) is 0 Å². The monoisotopic (exact) mass is 171 g/mol. The lowest BCUT2D eigenvalue weighted by Gasteiger charge is -2.15. The number of hydrogen-bond donors (Lipinski definition) is 1. The van der Waals surface area contributed by atoms with E-state index in [1.165, 1.54) is 0 Å². The van der Waals surface area contributed by atoms with Gasteiger partial charge in [0.25, 0.3) is 0 Å². The Kier molecular flexibility index (Phi) is 5.17. The molecule has 0 aliphatic carbocycles. The van der Waals surface area contributed by atoms with Crippen molar-refractivity contribution < 1.29 is 9.53 Å². The van der Waals surface area contributed by atoms with Crippen LogP contribution >= 0.6 is 0 Å². The van der Waals surface area contributed by atoms with Gasteiger partial charge in [0.05, 0.1) is 0 Å². The third-order valence-electron chi connectivity index (χ3n) is 1.47. The molecule has 0 rings (SSSR count). The number of ether oxygens (including phenoxy) is 1. The second kappa shape index (κ2) is 5.63. The highest BCUT2D eigenvalue weighted by molar-refractivity contribution is 5.64. The maximum absolute atomic E-state index is 10.4. The molecule has 0 aromatic carbocycles. The van der Waals surface area contributed by atoms with Gasteiger partial charge < -0.3 is 10.5 Å². The van der Waals surface area contributed by atoms with Gasteiger partial charge in [-0.2, -0.15) is 0 Å². The van der Waals surface area contributed by atoms with Crippen LogP contribution in [-0.4, -0.2) is 12.2 Å². The van der Waals surface area contributed by atoms with Gasteiger partial charge in [-0.1, -0.05) is 18.9 Å². The predicted octanol–water partition coefficient (Wildman–Crippen LogP) is 2.22. The molecule has 0 heterocycles. The maximum atomic E-state index is 10.4. The molecule has 1 atom stereocenters. The van der Waals surface area contributed by atoms with E-state index in [4.69, 9.17) is 10.5 Å². The Hall–Kier alpha value is -0.990. The van der Waals surface area contributed by atoms with Gasteiger partial charge in [-0.05, 0) is 13.3 Å². The lowest BCUT2D eigenvalue weighted by Crippen LogP contribution is -2.22. The zero-order chi connectivity index (χ0) is 9.56. The zero-order valence-corrected chi connectivity index (χ0v) is 7.80. The van der Waals surface area contributed by atoms with Crippen molar-refractivity contribution in [3.63, 3.8) is 0 Å². The van der Waals surface area contributed by atoms with Crippen molar-refractivity contribution in [1.82, 2.24) is 0 Å². The average molecular weight is 171 g/mol. The number of rotatable bonds is 5. The van der Waals surface area contributed by atoms with Gasteiger partial charge in [0.15, 0.2) is 0 Å². The Balaban J connectivity index is 3.85. The van der Waals surface area contributed by atoms with E-state index in [9.17, 15) is 4.79 Å². The van der Waals surface area contributed by atoms with Crippen molar-refractivity contribution >= 4 is 6.09 Å². The molecule has 0 aromatic heterocycles. The van der Waals surface area contributed by atoms with Gasteiger partial charge in [0.1, 0.15) is 6.10 Å². The molecule has 0 spiro atoms. The summed E-state index contributed by atoms with van der Waals surface area (Å²) in [6.45, 7) is 7.70. The molecule has 3 nitrogen and oxygen atoms in total. The summed E-state index contributed by atoms with van der Waals surface area (Å²) in [5.41, 5.74) is 5.92. The number of hydrogen-bond acceptors (Lipinski definition) is 2. The van der Waals surface area contributed by atoms with Crippen LogP contribution in [0.5, 0.6) is 0 Å². The quantitative estimate of drug-likeness (QED) is 0.645. The summed E-state index contributed by atoms with van der Waals surface area (Å²) < 4.78 is 4.88. The van der Waals surface area contributed by atoms with Crippen molar-refractivity contribution in [2.75, 3.05) is 0 Å². The summed E-state index contributed by atoms with van der Waals surface area (Å²) in [6.07, 6.45) is 1.73. The van der Waals surface area contributed by atoms with Crippen LogP contribution in [0.15, 0.2) is 12.2 Å². The highest BCUT2D eigenvalue weighted by Gasteiger charge is 2.10. The van der Waals surface area contributed by atoms with Gasteiger partial charge in [0, 0.05) is 6.42 Å². The smallest absolute Gasteiger partial charge is 0.404 e. The third-order valence-corrected chi connectivity index (χ3v) is 1.47. The van der Waals surface area contributed by atoms with Crippen molar-refractivity contribution in [1.29, 1.82) is 0 Å². The summed E-state index contributed by atoms with van der Waals surface area (Å²) in [6, 6.07) is 0. The van der Waals surface area contributed by atoms with E-state index in [1.54, 1.807) is 0 Å². The molecular weight excluding hydrogens is 154 g/mol. The first-order valence-electron chi connectivity index (χ1n) is 4.16. The molecule has 1 amide bonds. The summed E-state index contributed by atoms with van der Waals surface area (Å²) in [4.78, 5) is 10.4. The van der Waals surface area contributed by atoms with Crippen LogP contribution < -0.4 is 5.73 Å².